The first kappa shape index (κ1) is 30.6. The van der Waals surface area contributed by atoms with Crippen molar-refractivity contribution in [3.8, 4) is 17.2 Å². The summed E-state index contributed by atoms with van der Waals surface area (Å²) in [7, 11) is 4.57. The first-order valence-corrected chi connectivity index (χ1v) is 11.3. The van der Waals surface area contributed by atoms with Crippen molar-refractivity contribution in [3.63, 3.8) is 0 Å². The lowest BCUT2D eigenvalue weighted by atomic mass is 10.2. The molecule has 0 amide bonds. The number of halogens is 2. The molecule has 0 atom stereocenters. The first-order valence-electron chi connectivity index (χ1n) is 11.3. The Kier molecular flexibility index (Phi) is 14.2. The third-order valence-corrected chi connectivity index (χ3v) is 5.69. The van der Waals surface area contributed by atoms with Gasteiger partial charge in [0, 0.05) is 39.3 Å². The number of esters is 1. The van der Waals surface area contributed by atoms with Crippen LogP contribution in [0.4, 0.5) is 0 Å². The molecule has 0 bridgehead atoms. The third-order valence-electron chi connectivity index (χ3n) is 5.69. The second-order valence-electron chi connectivity index (χ2n) is 7.86. The molecule has 2 aromatic rings. The van der Waals surface area contributed by atoms with E-state index in [9.17, 15) is 4.79 Å². The van der Waals surface area contributed by atoms with E-state index in [1.807, 2.05) is 6.07 Å². The molecule has 1 saturated heterocycles. The Morgan fingerprint density at radius 2 is 1.49 bits per heavy atom. The lowest BCUT2D eigenvalue weighted by Gasteiger charge is -2.34. The maximum absolute atomic E-state index is 12.5. The van der Waals surface area contributed by atoms with Crippen LogP contribution in [0.3, 0.4) is 0 Å². The third kappa shape index (κ3) is 9.26. The quantitative estimate of drug-likeness (QED) is 0.317. The zero-order chi connectivity index (χ0) is 23.5. The highest BCUT2D eigenvalue weighted by molar-refractivity contribution is 5.91. The molecule has 1 fully saturated rings. The van der Waals surface area contributed by atoms with Crippen LogP contribution in [0.25, 0.3) is 6.08 Å². The van der Waals surface area contributed by atoms with E-state index in [4.69, 9.17) is 18.9 Å². The Bertz CT molecular complexity index is 894. The smallest absolute Gasteiger partial charge is 0.338 e. The summed E-state index contributed by atoms with van der Waals surface area (Å²) in [5.41, 5.74) is 1.61. The second kappa shape index (κ2) is 16.3. The highest BCUT2D eigenvalue weighted by atomic mass is 35.5. The summed E-state index contributed by atoms with van der Waals surface area (Å²) in [5.74, 6) is 0.913. The van der Waals surface area contributed by atoms with Crippen molar-refractivity contribution in [2.75, 3.05) is 67.2 Å². The van der Waals surface area contributed by atoms with Gasteiger partial charge in [-0.25, -0.2) is 4.79 Å². The number of rotatable bonds is 11. The van der Waals surface area contributed by atoms with Gasteiger partial charge in [0.2, 0.25) is 5.75 Å². The molecule has 2 aromatic carbocycles. The van der Waals surface area contributed by atoms with E-state index in [2.05, 4.69) is 46.2 Å². The van der Waals surface area contributed by atoms with Crippen LogP contribution in [0.15, 0.2) is 48.5 Å². The summed E-state index contributed by atoms with van der Waals surface area (Å²) in [4.78, 5) is 17.4. The monoisotopic (exact) mass is 526 g/mol. The number of hydrogen-bond acceptors (Lipinski definition) is 7. The number of ether oxygens (including phenoxy) is 4. The Hall–Kier alpha value is -2.45. The highest BCUT2D eigenvalue weighted by Gasteiger charge is 2.19. The predicted octanol–water partition coefficient (Wildman–Crippen LogP) is 4.43. The van der Waals surface area contributed by atoms with E-state index in [0.29, 0.717) is 29.4 Å². The van der Waals surface area contributed by atoms with Crippen molar-refractivity contribution in [1.82, 2.24) is 9.80 Å². The van der Waals surface area contributed by atoms with E-state index in [1.165, 1.54) is 26.9 Å². The molecule has 0 spiro atoms. The lowest BCUT2D eigenvalue weighted by molar-refractivity contribution is 0.0477. The van der Waals surface area contributed by atoms with Gasteiger partial charge < -0.3 is 23.8 Å². The Balaban J connectivity index is 0.00000306. The molecular formula is C26H36Cl2N2O5. The van der Waals surface area contributed by atoms with Gasteiger partial charge in [0.15, 0.2) is 11.5 Å². The van der Waals surface area contributed by atoms with Crippen molar-refractivity contribution in [2.24, 2.45) is 0 Å². The van der Waals surface area contributed by atoms with Gasteiger partial charge in [-0.2, -0.15) is 0 Å². The van der Waals surface area contributed by atoms with Gasteiger partial charge in [-0.1, -0.05) is 42.5 Å². The maximum Gasteiger partial charge on any atom is 0.338 e. The van der Waals surface area contributed by atoms with Crippen LogP contribution in [-0.4, -0.2) is 83.0 Å². The molecule has 1 aliphatic rings. The minimum Gasteiger partial charge on any atom is -0.493 e. The van der Waals surface area contributed by atoms with Gasteiger partial charge in [0.25, 0.3) is 0 Å². The molecule has 194 valence electrons. The van der Waals surface area contributed by atoms with E-state index in [-0.39, 0.29) is 24.8 Å². The molecule has 7 nitrogen and oxygen atoms in total. The fourth-order valence-electron chi connectivity index (χ4n) is 3.83. The molecule has 0 unspecified atom stereocenters. The SMILES string of the molecule is COc1cc(C(=O)OCCCN2CCN(CC=Cc3ccccc3)CC2)cc(OC)c1OC.Cl.Cl. The fraction of sp³-hybridized carbons (Fsp3) is 0.423. The molecule has 0 N–H and O–H groups in total. The Labute approximate surface area is 220 Å². The summed E-state index contributed by atoms with van der Waals surface area (Å²) in [6, 6.07) is 13.6. The molecule has 3 rings (SSSR count). The number of methoxy groups -OCH3 is 3. The maximum atomic E-state index is 12.5. The van der Waals surface area contributed by atoms with Gasteiger partial charge in [-0.3, -0.25) is 4.90 Å². The Morgan fingerprint density at radius 3 is 2.06 bits per heavy atom. The normalized spacial score (nSPS) is 14.0. The number of carbonyl (C=O) groups excluding carboxylic acids is 1. The summed E-state index contributed by atoms with van der Waals surface area (Å²) in [5, 5.41) is 0. The standard InChI is InChI=1S/C26H34N2O5.2ClH/c1-30-23-19-22(20-24(31-2)25(23)32-3)26(29)33-18-8-13-28-16-14-27(15-17-28)12-7-11-21-9-5-4-6-10-21;;/h4-7,9-11,19-20H,8,12-18H2,1-3H3;2*1H. The van der Waals surface area contributed by atoms with Crippen molar-refractivity contribution in [3.05, 3.63) is 59.7 Å². The van der Waals surface area contributed by atoms with Gasteiger partial charge in [0.1, 0.15) is 0 Å². The molecule has 1 aliphatic heterocycles. The number of hydrogen-bond donors (Lipinski definition) is 0. The minimum atomic E-state index is -0.399. The zero-order valence-corrected chi connectivity index (χ0v) is 22.2. The van der Waals surface area contributed by atoms with E-state index in [1.54, 1.807) is 12.1 Å². The van der Waals surface area contributed by atoms with Gasteiger partial charge in [-0.15, -0.1) is 24.8 Å². The number of benzene rings is 2. The topological polar surface area (TPSA) is 60.5 Å². The average molecular weight is 527 g/mol. The summed E-state index contributed by atoms with van der Waals surface area (Å²) in [6.45, 7) is 6.40. The predicted molar refractivity (Wildman–Crippen MR) is 144 cm³/mol. The zero-order valence-electron chi connectivity index (χ0n) is 20.6. The number of carbonyl (C=O) groups is 1. The molecule has 1 heterocycles. The molecule has 0 aromatic heterocycles. The van der Waals surface area contributed by atoms with Crippen LogP contribution >= 0.6 is 24.8 Å². The molecule has 0 radical (unpaired) electrons. The minimum absolute atomic E-state index is 0. The molecular weight excluding hydrogens is 491 g/mol. The second-order valence-corrected chi connectivity index (χ2v) is 7.86. The summed E-state index contributed by atoms with van der Waals surface area (Å²) in [6.07, 6.45) is 5.20. The van der Waals surface area contributed by atoms with E-state index >= 15 is 0 Å². The molecule has 35 heavy (non-hydrogen) atoms. The molecule has 0 saturated carbocycles. The first-order chi connectivity index (χ1) is 16.1. The largest absolute Gasteiger partial charge is 0.493 e. The van der Waals surface area contributed by atoms with Crippen molar-refractivity contribution < 1.29 is 23.7 Å². The number of nitrogens with zero attached hydrogens (tertiary/aromatic N) is 2. The van der Waals surface area contributed by atoms with E-state index in [0.717, 1.165) is 45.7 Å². The van der Waals surface area contributed by atoms with Gasteiger partial charge in [-0.05, 0) is 24.1 Å². The van der Waals surface area contributed by atoms with Gasteiger partial charge in [0.05, 0.1) is 33.5 Å². The van der Waals surface area contributed by atoms with Gasteiger partial charge >= 0.3 is 5.97 Å². The summed E-state index contributed by atoms with van der Waals surface area (Å²) < 4.78 is 21.4. The van der Waals surface area contributed by atoms with Crippen LogP contribution in [0.2, 0.25) is 0 Å². The number of piperazine rings is 1. The average Bonchev–Trinajstić information content (AvgIpc) is 2.87. The van der Waals surface area contributed by atoms with Crippen LogP contribution in [0.5, 0.6) is 17.2 Å². The lowest BCUT2D eigenvalue weighted by Crippen LogP contribution is -2.46. The van der Waals surface area contributed by atoms with Crippen LogP contribution in [-0.2, 0) is 4.74 Å². The summed E-state index contributed by atoms with van der Waals surface area (Å²) >= 11 is 0. The van der Waals surface area contributed by atoms with Crippen molar-refractivity contribution >= 4 is 36.9 Å². The van der Waals surface area contributed by atoms with Crippen LogP contribution in [0.1, 0.15) is 22.3 Å². The Morgan fingerprint density at radius 1 is 0.886 bits per heavy atom. The van der Waals surface area contributed by atoms with Crippen LogP contribution < -0.4 is 14.2 Å². The molecule has 9 heteroatoms. The van der Waals surface area contributed by atoms with Crippen molar-refractivity contribution in [2.45, 2.75) is 6.42 Å². The highest BCUT2D eigenvalue weighted by Crippen LogP contribution is 2.38. The van der Waals surface area contributed by atoms with E-state index < -0.39 is 5.97 Å². The molecule has 0 aliphatic carbocycles. The fourth-order valence-corrected chi connectivity index (χ4v) is 3.83. The van der Waals surface area contributed by atoms with Crippen LogP contribution in [0, 0.1) is 0 Å². The van der Waals surface area contributed by atoms with Crippen molar-refractivity contribution in [1.29, 1.82) is 0 Å².